The van der Waals surface area contributed by atoms with E-state index in [-0.39, 0.29) is 5.04 Å². The molecule has 2 aromatic rings. The molecule has 0 saturated carbocycles. The van der Waals surface area contributed by atoms with Crippen LogP contribution in [-0.4, -0.2) is 54.6 Å². The second-order valence-corrected chi connectivity index (χ2v) is 14.2. The van der Waals surface area contributed by atoms with Crippen molar-refractivity contribution in [1.82, 2.24) is 0 Å². The zero-order valence-corrected chi connectivity index (χ0v) is 22.7. The molecule has 0 aliphatic heterocycles. The largest absolute Gasteiger partial charge is 0.407 e. The summed E-state index contributed by atoms with van der Waals surface area (Å²) in [4.78, 5) is 0. The van der Waals surface area contributed by atoms with Gasteiger partial charge < -0.3 is 18.6 Å². The first-order valence-corrected chi connectivity index (χ1v) is 14.1. The highest BCUT2D eigenvalue weighted by atomic mass is 28.4. The molecule has 0 saturated heterocycles. The summed E-state index contributed by atoms with van der Waals surface area (Å²) >= 11 is 0. The van der Waals surface area contributed by atoms with E-state index in [9.17, 15) is 0 Å². The Balaban J connectivity index is 2.55. The van der Waals surface area contributed by atoms with Gasteiger partial charge in [0.15, 0.2) is 0 Å². The molecule has 0 amide bonds. The van der Waals surface area contributed by atoms with Crippen LogP contribution >= 0.6 is 0 Å². The summed E-state index contributed by atoms with van der Waals surface area (Å²) in [5.74, 6) is 0. The van der Waals surface area contributed by atoms with Gasteiger partial charge >= 0.3 is 0 Å². The predicted molar refractivity (Wildman–Crippen MR) is 149 cm³/mol. The average molecular weight is 495 g/mol. The molecule has 0 bridgehead atoms. The van der Waals surface area contributed by atoms with E-state index >= 15 is 0 Å². The third-order valence-electron chi connectivity index (χ3n) is 5.94. The van der Waals surface area contributed by atoms with Crippen molar-refractivity contribution in [3.05, 3.63) is 98.6 Å². The van der Waals surface area contributed by atoms with Gasteiger partial charge in [0, 0.05) is 6.61 Å². The van der Waals surface area contributed by atoms with Gasteiger partial charge in [-0.3, -0.25) is 0 Å². The highest BCUT2D eigenvalue weighted by molar-refractivity contribution is 6.99. The van der Waals surface area contributed by atoms with Crippen LogP contribution in [0.3, 0.4) is 0 Å². The minimum atomic E-state index is -2.73. The Kier molecular flexibility index (Phi) is 11.8. The third-order valence-corrected chi connectivity index (χ3v) is 10.9. The molecular formula is C30H42O4Si. The molecule has 0 radical (unpaired) electrons. The quantitative estimate of drug-likeness (QED) is 0.173. The topological polar surface area (TPSA) is 36.9 Å². The van der Waals surface area contributed by atoms with Crippen LogP contribution in [0.15, 0.2) is 98.6 Å². The highest BCUT2D eigenvalue weighted by Crippen LogP contribution is 2.38. The van der Waals surface area contributed by atoms with Gasteiger partial charge in [0.2, 0.25) is 0 Å². The van der Waals surface area contributed by atoms with Crippen molar-refractivity contribution < 1.29 is 18.6 Å². The molecule has 2 rings (SSSR count). The summed E-state index contributed by atoms with van der Waals surface area (Å²) in [7, 11) is -2.73. The molecular weight excluding hydrogens is 452 g/mol. The van der Waals surface area contributed by atoms with Gasteiger partial charge in [0.1, 0.15) is 0 Å². The van der Waals surface area contributed by atoms with E-state index in [2.05, 4.69) is 101 Å². The highest BCUT2D eigenvalue weighted by Gasteiger charge is 2.51. The van der Waals surface area contributed by atoms with Crippen LogP contribution in [0.2, 0.25) is 5.04 Å². The molecule has 35 heavy (non-hydrogen) atoms. The molecule has 0 spiro atoms. The third kappa shape index (κ3) is 7.85. The van der Waals surface area contributed by atoms with Crippen LogP contribution in [0.5, 0.6) is 0 Å². The summed E-state index contributed by atoms with van der Waals surface area (Å²) in [5, 5.41) is 2.34. The van der Waals surface area contributed by atoms with E-state index in [0.717, 1.165) is 0 Å². The molecule has 190 valence electrons. The van der Waals surface area contributed by atoms with Crippen molar-refractivity contribution >= 4 is 18.7 Å². The molecule has 0 atom stereocenters. The summed E-state index contributed by atoms with van der Waals surface area (Å²) < 4.78 is 25.2. The normalized spacial score (nSPS) is 12.3. The standard InChI is InChI=1S/C30H42O4Si/c1-7-20-31-23-30(24-32-21-8-2,25-33-22-9-3)26-34-35(29(4,5)6,27-16-12-10-13-17-27)28-18-14-11-15-19-28/h7-19H,1-3,20-26H2,4-6H3. The Morgan fingerprint density at radius 3 is 1.31 bits per heavy atom. The fourth-order valence-electron chi connectivity index (χ4n) is 4.35. The summed E-state index contributed by atoms with van der Waals surface area (Å²) in [5.41, 5.74) is -0.512. The zero-order valence-electron chi connectivity index (χ0n) is 21.7. The summed E-state index contributed by atoms with van der Waals surface area (Å²) in [6.07, 6.45) is 5.26. The lowest BCUT2D eigenvalue weighted by Crippen LogP contribution is -2.67. The van der Waals surface area contributed by atoms with Gasteiger partial charge in [-0.15, -0.1) is 19.7 Å². The fourth-order valence-corrected chi connectivity index (χ4v) is 9.03. The molecule has 0 aliphatic carbocycles. The Bertz CT molecular complexity index is 814. The molecule has 0 N–H and O–H groups in total. The van der Waals surface area contributed by atoms with Crippen molar-refractivity contribution in [3.63, 3.8) is 0 Å². The first kappa shape index (κ1) is 29.0. The zero-order chi connectivity index (χ0) is 25.6. The maximum absolute atomic E-state index is 7.25. The minimum Gasteiger partial charge on any atom is -0.407 e. The number of ether oxygens (including phenoxy) is 3. The van der Waals surface area contributed by atoms with Crippen LogP contribution in [0, 0.1) is 5.41 Å². The Hall–Kier alpha value is -2.28. The van der Waals surface area contributed by atoms with Gasteiger partial charge in [-0.2, -0.15) is 0 Å². The Labute approximate surface area is 213 Å². The maximum Gasteiger partial charge on any atom is 0.261 e. The molecule has 0 heterocycles. The van der Waals surface area contributed by atoms with Crippen molar-refractivity contribution in [2.45, 2.75) is 25.8 Å². The van der Waals surface area contributed by atoms with Crippen molar-refractivity contribution in [2.24, 2.45) is 5.41 Å². The van der Waals surface area contributed by atoms with Crippen LogP contribution in [-0.2, 0) is 18.6 Å². The van der Waals surface area contributed by atoms with Gasteiger partial charge in [0.05, 0.1) is 45.1 Å². The van der Waals surface area contributed by atoms with E-state index in [0.29, 0.717) is 46.2 Å². The number of benzene rings is 2. The summed E-state index contributed by atoms with van der Waals surface area (Å²) in [6.45, 7) is 21.2. The monoisotopic (exact) mass is 494 g/mol. The Morgan fingerprint density at radius 1 is 0.629 bits per heavy atom. The van der Waals surface area contributed by atoms with E-state index < -0.39 is 13.7 Å². The van der Waals surface area contributed by atoms with Crippen molar-refractivity contribution in [1.29, 1.82) is 0 Å². The second-order valence-electron chi connectivity index (χ2n) is 9.86. The lowest BCUT2D eigenvalue weighted by Gasteiger charge is -2.45. The lowest BCUT2D eigenvalue weighted by atomic mass is 9.92. The van der Waals surface area contributed by atoms with Gasteiger partial charge in [-0.25, -0.2) is 0 Å². The molecule has 0 aromatic heterocycles. The van der Waals surface area contributed by atoms with Gasteiger partial charge in [-0.05, 0) is 15.4 Å². The average Bonchev–Trinajstić information content (AvgIpc) is 2.85. The van der Waals surface area contributed by atoms with Crippen LogP contribution < -0.4 is 10.4 Å². The summed E-state index contributed by atoms with van der Waals surface area (Å²) in [6, 6.07) is 21.3. The van der Waals surface area contributed by atoms with Gasteiger partial charge in [-0.1, -0.05) is 99.7 Å². The van der Waals surface area contributed by atoms with E-state index in [1.165, 1.54) is 10.4 Å². The van der Waals surface area contributed by atoms with Crippen molar-refractivity contribution in [2.75, 3.05) is 46.2 Å². The number of hydrogen-bond acceptors (Lipinski definition) is 4. The van der Waals surface area contributed by atoms with E-state index in [1.54, 1.807) is 18.2 Å². The number of rotatable bonds is 17. The van der Waals surface area contributed by atoms with Gasteiger partial charge in [0.25, 0.3) is 8.32 Å². The second kappa shape index (κ2) is 14.3. The number of hydrogen-bond donors (Lipinski definition) is 0. The van der Waals surface area contributed by atoms with Crippen LogP contribution in [0.25, 0.3) is 0 Å². The first-order chi connectivity index (χ1) is 16.8. The molecule has 0 aliphatic rings. The van der Waals surface area contributed by atoms with E-state index in [4.69, 9.17) is 18.6 Å². The van der Waals surface area contributed by atoms with Crippen LogP contribution in [0.1, 0.15) is 20.8 Å². The lowest BCUT2D eigenvalue weighted by molar-refractivity contribution is -0.0788. The fraction of sp³-hybridized carbons (Fsp3) is 0.400. The molecule has 2 aromatic carbocycles. The van der Waals surface area contributed by atoms with Crippen molar-refractivity contribution in [3.8, 4) is 0 Å². The molecule has 0 fully saturated rings. The van der Waals surface area contributed by atoms with Crippen LogP contribution in [0.4, 0.5) is 0 Å². The molecule has 5 heteroatoms. The maximum atomic E-state index is 7.25. The molecule has 4 nitrogen and oxygen atoms in total. The molecule has 0 unspecified atom stereocenters. The first-order valence-electron chi connectivity index (χ1n) is 12.2. The Morgan fingerprint density at radius 2 is 1.00 bits per heavy atom. The van der Waals surface area contributed by atoms with E-state index in [1.807, 2.05) is 0 Å². The SMILES string of the molecule is C=CCOCC(COCC=C)(COCC=C)CO[Si](c1ccccc1)(c1ccccc1)C(C)(C)C. The minimum absolute atomic E-state index is 0.132. The smallest absolute Gasteiger partial charge is 0.261 e. The predicted octanol–water partition coefficient (Wildman–Crippen LogP) is 5.16.